The largest absolute Gasteiger partial charge is 0.481 e. The van der Waals surface area contributed by atoms with E-state index in [-0.39, 0.29) is 19.0 Å². The molecule has 2 rings (SSSR count). The van der Waals surface area contributed by atoms with E-state index in [0.717, 1.165) is 5.69 Å². The fourth-order valence-electron chi connectivity index (χ4n) is 2.84. The number of amides is 3. The van der Waals surface area contributed by atoms with Crippen molar-refractivity contribution in [2.75, 3.05) is 51.2 Å². The number of carbonyl (C=O) groups is 3. The topological polar surface area (TPSA) is 93.2 Å². The number of halogens is 1. The van der Waals surface area contributed by atoms with Crippen LogP contribution >= 0.6 is 11.6 Å². The van der Waals surface area contributed by atoms with Gasteiger partial charge in [-0.05, 0) is 24.3 Å². The zero-order chi connectivity index (χ0) is 20.0. The number of hydrogen-bond acceptors (Lipinski definition) is 4. The molecule has 27 heavy (non-hydrogen) atoms. The molecule has 8 nitrogen and oxygen atoms in total. The van der Waals surface area contributed by atoms with Gasteiger partial charge in [0.25, 0.3) is 0 Å². The lowest BCUT2D eigenvalue weighted by Gasteiger charge is -2.36. The lowest BCUT2D eigenvalue weighted by molar-refractivity contribution is -0.141. The zero-order valence-corrected chi connectivity index (χ0v) is 16.3. The Morgan fingerprint density at radius 1 is 1.19 bits per heavy atom. The Labute approximate surface area is 163 Å². The second-order valence-corrected chi connectivity index (χ2v) is 7.06. The molecule has 1 unspecified atom stereocenters. The Balaban J connectivity index is 1.75. The van der Waals surface area contributed by atoms with E-state index in [4.69, 9.17) is 16.7 Å². The van der Waals surface area contributed by atoms with Crippen LogP contribution in [0.4, 0.5) is 10.5 Å². The number of aliphatic carboxylic acids is 1. The smallest absolute Gasteiger partial charge is 0.317 e. The molecule has 0 aromatic heterocycles. The number of anilines is 1. The molecular formula is C18H25ClN4O4. The minimum Gasteiger partial charge on any atom is -0.481 e. The van der Waals surface area contributed by atoms with Gasteiger partial charge in [-0.2, -0.15) is 0 Å². The molecule has 0 bridgehead atoms. The summed E-state index contributed by atoms with van der Waals surface area (Å²) in [5.74, 6) is -1.79. The second kappa shape index (κ2) is 9.45. The summed E-state index contributed by atoms with van der Waals surface area (Å²) in [6.07, 6.45) is 0. The van der Waals surface area contributed by atoms with Gasteiger partial charge in [0.2, 0.25) is 5.91 Å². The first-order valence-electron chi connectivity index (χ1n) is 8.78. The van der Waals surface area contributed by atoms with E-state index < -0.39 is 17.9 Å². The van der Waals surface area contributed by atoms with Crippen LogP contribution < -0.4 is 10.2 Å². The van der Waals surface area contributed by atoms with Crippen LogP contribution in [0.3, 0.4) is 0 Å². The van der Waals surface area contributed by atoms with Crippen LogP contribution in [0.1, 0.15) is 6.92 Å². The second-order valence-electron chi connectivity index (χ2n) is 6.62. The third-order valence-electron chi connectivity index (χ3n) is 4.53. The summed E-state index contributed by atoms with van der Waals surface area (Å²) in [7, 11) is 1.50. The number of rotatable bonds is 6. The van der Waals surface area contributed by atoms with Gasteiger partial charge in [0.1, 0.15) is 0 Å². The number of benzene rings is 1. The molecule has 0 radical (unpaired) electrons. The van der Waals surface area contributed by atoms with Crippen LogP contribution in [-0.4, -0.2) is 79.1 Å². The first-order chi connectivity index (χ1) is 12.8. The van der Waals surface area contributed by atoms with Gasteiger partial charge in [-0.25, -0.2) is 4.79 Å². The van der Waals surface area contributed by atoms with Crippen molar-refractivity contribution in [2.24, 2.45) is 5.92 Å². The lowest BCUT2D eigenvalue weighted by atomic mass is 10.2. The van der Waals surface area contributed by atoms with Crippen molar-refractivity contribution in [3.8, 4) is 0 Å². The molecule has 9 heteroatoms. The van der Waals surface area contributed by atoms with Gasteiger partial charge in [0.15, 0.2) is 0 Å². The summed E-state index contributed by atoms with van der Waals surface area (Å²) in [6.45, 7) is 4.05. The number of nitrogens with one attached hydrogen (secondary N) is 1. The Hall–Kier alpha value is -2.48. The third-order valence-corrected chi connectivity index (χ3v) is 4.78. The van der Waals surface area contributed by atoms with Gasteiger partial charge in [0, 0.05) is 50.5 Å². The zero-order valence-electron chi connectivity index (χ0n) is 15.5. The van der Waals surface area contributed by atoms with Crippen LogP contribution in [0.15, 0.2) is 24.3 Å². The van der Waals surface area contributed by atoms with E-state index in [2.05, 4.69) is 10.2 Å². The first kappa shape index (κ1) is 20.8. The van der Waals surface area contributed by atoms with E-state index in [9.17, 15) is 14.4 Å². The standard InChI is InChI=1S/C18H25ClN4O4/c1-13(17(25)26)12-21(2)18(27)20-11-16(24)23-9-7-22(8-10-23)15-5-3-14(19)4-6-15/h3-6,13H,7-12H2,1-2H3,(H,20,27)(H,25,26). The van der Waals surface area contributed by atoms with E-state index in [0.29, 0.717) is 31.2 Å². The van der Waals surface area contributed by atoms with E-state index in [1.54, 1.807) is 4.90 Å². The Morgan fingerprint density at radius 3 is 2.33 bits per heavy atom. The number of carboxylic acids is 1. The number of carboxylic acid groups (broad SMARTS) is 1. The molecule has 1 fully saturated rings. The van der Waals surface area contributed by atoms with Crippen molar-refractivity contribution in [3.63, 3.8) is 0 Å². The Bertz CT molecular complexity index is 674. The normalized spacial score (nSPS) is 15.2. The molecule has 148 valence electrons. The lowest BCUT2D eigenvalue weighted by Crippen LogP contribution is -2.52. The van der Waals surface area contributed by atoms with Crippen LogP contribution in [-0.2, 0) is 9.59 Å². The molecule has 1 aromatic rings. The molecule has 1 heterocycles. The fraction of sp³-hybridized carbons (Fsp3) is 0.500. The number of urea groups is 1. The van der Waals surface area contributed by atoms with Gasteiger partial charge in [-0.3, -0.25) is 9.59 Å². The molecule has 0 saturated carbocycles. The van der Waals surface area contributed by atoms with Crippen molar-refractivity contribution >= 4 is 35.2 Å². The van der Waals surface area contributed by atoms with E-state index in [1.165, 1.54) is 18.9 Å². The van der Waals surface area contributed by atoms with Crippen LogP contribution in [0, 0.1) is 5.92 Å². The van der Waals surface area contributed by atoms with Gasteiger partial charge >= 0.3 is 12.0 Å². The van der Waals surface area contributed by atoms with Crippen LogP contribution in [0.25, 0.3) is 0 Å². The first-order valence-corrected chi connectivity index (χ1v) is 9.15. The quantitative estimate of drug-likeness (QED) is 0.757. The highest BCUT2D eigenvalue weighted by molar-refractivity contribution is 6.30. The van der Waals surface area contributed by atoms with Crippen LogP contribution in [0.2, 0.25) is 5.02 Å². The average Bonchev–Trinajstić information content (AvgIpc) is 2.66. The maximum Gasteiger partial charge on any atom is 0.317 e. The molecule has 3 amide bonds. The molecule has 1 atom stereocenters. The summed E-state index contributed by atoms with van der Waals surface area (Å²) in [6, 6.07) is 7.12. The minimum absolute atomic E-state index is 0.0785. The van der Waals surface area contributed by atoms with Gasteiger partial charge < -0.3 is 25.1 Å². The summed E-state index contributed by atoms with van der Waals surface area (Å²) in [5, 5.41) is 12.1. The summed E-state index contributed by atoms with van der Waals surface area (Å²) in [5.41, 5.74) is 1.06. The summed E-state index contributed by atoms with van der Waals surface area (Å²) >= 11 is 5.90. The van der Waals surface area contributed by atoms with Gasteiger partial charge in [-0.1, -0.05) is 18.5 Å². The minimum atomic E-state index is -0.968. The molecule has 0 aliphatic carbocycles. The van der Waals surface area contributed by atoms with Crippen molar-refractivity contribution in [1.82, 2.24) is 15.1 Å². The maximum atomic E-state index is 12.3. The van der Waals surface area contributed by atoms with Crippen molar-refractivity contribution in [2.45, 2.75) is 6.92 Å². The summed E-state index contributed by atoms with van der Waals surface area (Å²) < 4.78 is 0. The molecular weight excluding hydrogens is 372 g/mol. The van der Waals surface area contributed by atoms with Crippen LogP contribution in [0.5, 0.6) is 0 Å². The predicted octanol–water partition coefficient (Wildman–Crippen LogP) is 1.35. The SMILES string of the molecule is CC(CN(C)C(=O)NCC(=O)N1CCN(c2ccc(Cl)cc2)CC1)C(=O)O. The predicted molar refractivity (Wildman–Crippen MR) is 103 cm³/mol. The average molecular weight is 397 g/mol. The van der Waals surface area contributed by atoms with E-state index >= 15 is 0 Å². The van der Waals surface area contributed by atoms with Gasteiger partial charge in [0.05, 0.1) is 12.5 Å². The highest BCUT2D eigenvalue weighted by atomic mass is 35.5. The summed E-state index contributed by atoms with van der Waals surface area (Å²) in [4.78, 5) is 40.3. The van der Waals surface area contributed by atoms with Crippen molar-refractivity contribution in [3.05, 3.63) is 29.3 Å². The van der Waals surface area contributed by atoms with Crippen molar-refractivity contribution < 1.29 is 19.5 Å². The number of piperazine rings is 1. The number of carbonyl (C=O) groups excluding carboxylic acids is 2. The highest BCUT2D eigenvalue weighted by Crippen LogP contribution is 2.19. The number of hydrogen-bond donors (Lipinski definition) is 2. The van der Waals surface area contributed by atoms with E-state index in [1.807, 2.05) is 24.3 Å². The third kappa shape index (κ3) is 6.02. The molecule has 1 aliphatic rings. The molecule has 1 aromatic carbocycles. The Kier molecular flexibility index (Phi) is 7.29. The fourth-order valence-corrected chi connectivity index (χ4v) is 2.96. The maximum absolute atomic E-state index is 12.3. The van der Waals surface area contributed by atoms with Gasteiger partial charge in [-0.15, -0.1) is 0 Å². The molecule has 1 aliphatic heterocycles. The highest BCUT2D eigenvalue weighted by Gasteiger charge is 2.22. The molecule has 0 spiro atoms. The Morgan fingerprint density at radius 2 is 1.78 bits per heavy atom. The monoisotopic (exact) mass is 396 g/mol. The number of nitrogens with zero attached hydrogens (tertiary/aromatic N) is 3. The molecule has 1 saturated heterocycles. The van der Waals surface area contributed by atoms with Crippen molar-refractivity contribution in [1.29, 1.82) is 0 Å². The molecule has 2 N–H and O–H groups in total.